The molecule has 156 valence electrons. The third-order valence-electron chi connectivity index (χ3n) is 4.38. The van der Waals surface area contributed by atoms with Crippen LogP contribution in [-0.2, 0) is 19.1 Å². The van der Waals surface area contributed by atoms with Crippen LogP contribution in [0.1, 0.15) is 16.8 Å². The second-order valence-corrected chi connectivity index (χ2v) is 7.26. The van der Waals surface area contributed by atoms with Gasteiger partial charge in [-0.2, -0.15) is 0 Å². The van der Waals surface area contributed by atoms with E-state index in [4.69, 9.17) is 27.9 Å². The van der Waals surface area contributed by atoms with Gasteiger partial charge < -0.3 is 9.64 Å². The van der Waals surface area contributed by atoms with Crippen LogP contribution in [0.4, 0.5) is 5.69 Å². The van der Waals surface area contributed by atoms with Gasteiger partial charge >= 0.3 is 5.97 Å². The Morgan fingerprint density at radius 2 is 1.67 bits per heavy atom. The molecule has 1 fully saturated rings. The normalized spacial score (nSPS) is 15.6. The number of carbonyl (C=O) groups excluding carboxylic acids is 4. The number of halogens is 2. The Labute approximate surface area is 182 Å². The smallest absolute Gasteiger partial charge is 0.311 e. The molecule has 0 aromatic heterocycles. The number of nitrogens with one attached hydrogen (secondary N) is 2. The van der Waals surface area contributed by atoms with Crippen molar-refractivity contribution in [3.8, 4) is 0 Å². The Morgan fingerprint density at radius 1 is 1.00 bits per heavy atom. The highest BCUT2D eigenvalue weighted by Crippen LogP contribution is 2.31. The first-order valence-electron chi connectivity index (χ1n) is 8.92. The summed E-state index contributed by atoms with van der Waals surface area (Å²) in [5.74, 6) is -3.03. The minimum Gasteiger partial charge on any atom is -0.455 e. The van der Waals surface area contributed by atoms with Crippen LogP contribution in [0.5, 0.6) is 0 Å². The van der Waals surface area contributed by atoms with Crippen molar-refractivity contribution in [3.05, 3.63) is 64.1 Å². The van der Waals surface area contributed by atoms with E-state index in [-0.39, 0.29) is 29.5 Å². The van der Waals surface area contributed by atoms with Gasteiger partial charge in [-0.05, 0) is 24.3 Å². The minimum absolute atomic E-state index is 0.0467. The quantitative estimate of drug-likeness (QED) is 0.538. The van der Waals surface area contributed by atoms with Gasteiger partial charge in [0.2, 0.25) is 5.91 Å². The van der Waals surface area contributed by atoms with Gasteiger partial charge in [-0.1, -0.05) is 47.5 Å². The monoisotopic (exact) mass is 449 g/mol. The van der Waals surface area contributed by atoms with Crippen molar-refractivity contribution < 1.29 is 23.9 Å². The maximum Gasteiger partial charge on any atom is 0.311 e. The molecule has 1 aliphatic rings. The molecule has 0 radical (unpaired) electrons. The molecule has 0 unspecified atom stereocenters. The zero-order valence-electron chi connectivity index (χ0n) is 15.6. The molecule has 10 heteroatoms. The van der Waals surface area contributed by atoms with Gasteiger partial charge in [0.1, 0.15) is 0 Å². The van der Waals surface area contributed by atoms with Gasteiger partial charge in [-0.3, -0.25) is 30.0 Å². The van der Waals surface area contributed by atoms with Crippen molar-refractivity contribution in [1.82, 2.24) is 10.9 Å². The maximum atomic E-state index is 12.2. The molecule has 30 heavy (non-hydrogen) atoms. The first-order chi connectivity index (χ1) is 14.4. The summed E-state index contributed by atoms with van der Waals surface area (Å²) in [6.07, 6.45) is -0.0467. The number of para-hydroxylation sites is 1. The summed E-state index contributed by atoms with van der Waals surface area (Å²) >= 11 is 12.0. The molecular weight excluding hydrogens is 433 g/mol. The number of rotatable bonds is 5. The van der Waals surface area contributed by atoms with Crippen molar-refractivity contribution >= 4 is 52.6 Å². The van der Waals surface area contributed by atoms with Gasteiger partial charge in [0.15, 0.2) is 6.61 Å². The predicted molar refractivity (Wildman–Crippen MR) is 110 cm³/mol. The summed E-state index contributed by atoms with van der Waals surface area (Å²) < 4.78 is 4.97. The van der Waals surface area contributed by atoms with E-state index >= 15 is 0 Å². The number of hydrogen-bond acceptors (Lipinski definition) is 5. The summed E-state index contributed by atoms with van der Waals surface area (Å²) in [4.78, 5) is 49.7. The number of hydrogen-bond donors (Lipinski definition) is 2. The lowest BCUT2D eigenvalue weighted by molar-refractivity contribution is -0.152. The number of anilines is 1. The number of ether oxygens (including phenoxy) is 1. The minimum atomic E-state index is -0.740. The van der Waals surface area contributed by atoms with E-state index < -0.39 is 30.3 Å². The van der Waals surface area contributed by atoms with E-state index in [1.165, 1.54) is 17.0 Å². The van der Waals surface area contributed by atoms with Gasteiger partial charge in [0.05, 0.1) is 27.2 Å². The SMILES string of the molecule is O=C(COC(=O)[C@H]1CC(=O)N(c2ccccc2Cl)C1)NNC(=O)c1ccccc1Cl. The second-order valence-electron chi connectivity index (χ2n) is 6.45. The summed E-state index contributed by atoms with van der Waals surface area (Å²) in [5.41, 5.74) is 5.01. The average Bonchev–Trinajstić information content (AvgIpc) is 3.12. The van der Waals surface area contributed by atoms with Gasteiger partial charge in [0, 0.05) is 13.0 Å². The molecule has 0 aliphatic carbocycles. The van der Waals surface area contributed by atoms with Crippen LogP contribution in [0, 0.1) is 5.92 Å². The van der Waals surface area contributed by atoms with Crippen molar-refractivity contribution in [1.29, 1.82) is 0 Å². The maximum absolute atomic E-state index is 12.2. The van der Waals surface area contributed by atoms with E-state index in [1.54, 1.807) is 36.4 Å². The molecule has 3 rings (SSSR count). The Hall–Kier alpha value is -3.10. The van der Waals surface area contributed by atoms with Crippen molar-refractivity contribution in [2.24, 2.45) is 5.92 Å². The third-order valence-corrected chi connectivity index (χ3v) is 5.03. The lowest BCUT2D eigenvalue weighted by atomic mass is 10.1. The van der Waals surface area contributed by atoms with Crippen molar-refractivity contribution in [2.45, 2.75) is 6.42 Å². The highest BCUT2D eigenvalue weighted by Gasteiger charge is 2.37. The topological polar surface area (TPSA) is 105 Å². The molecule has 2 aromatic rings. The molecule has 0 spiro atoms. The molecule has 2 N–H and O–H groups in total. The fourth-order valence-electron chi connectivity index (χ4n) is 2.90. The molecule has 0 saturated carbocycles. The lowest BCUT2D eigenvalue weighted by Gasteiger charge is -2.17. The number of benzene rings is 2. The average molecular weight is 450 g/mol. The third kappa shape index (κ3) is 5.08. The summed E-state index contributed by atoms with van der Waals surface area (Å²) in [6.45, 7) is -0.509. The lowest BCUT2D eigenvalue weighted by Crippen LogP contribution is -2.44. The van der Waals surface area contributed by atoms with Gasteiger partial charge in [-0.15, -0.1) is 0 Å². The fraction of sp³-hybridized carbons (Fsp3) is 0.200. The van der Waals surface area contributed by atoms with E-state index in [2.05, 4.69) is 10.9 Å². The highest BCUT2D eigenvalue weighted by molar-refractivity contribution is 6.34. The van der Waals surface area contributed by atoms with Crippen LogP contribution < -0.4 is 15.8 Å². The zero-order chi connectivity index (χ0) is 21.7. The van der Waals surface area contributed by atoms with Crippen LogP contribution in [0.25, 0.3) is 0 Å². The van der Waals surface area contributed by atoms with Gasteiger partial charge in [0.25, 0.3) is 11.8 Å². The van der Waals surface area contributed by atoms with Crippen LogP contribution in [0.3, 0.4) is 0 Å². The molecule has 0 bridgehead atoms. The van der Waals surface area contributed by atoms with E-state index in [1.807, 2.05) is 0 Å². The molecule has 3 amide bonds. The zero-order valence-corrected chi connectivity index (χ0v) is 17.1. The Morgan fingerprint density at radius 3 is 2.37 bits per heavy atom. The number of nitrogens with zero attached hydrogens (tertiary/aromatic N) is 1. The van der Waals surface area contributed by atoms with Crippen LogP contribution in [0.2, 0.25) is 10.0 Å². The van der Waals surface area contributed by atoms with Crippen molar-refractivity contribution in [3.63, 3.8) is 0 Å². The van der Waals surface area contributed by atoms with Crippen LogP contribution >= 0.6 is 23.2 Å². The van der Waals surface area contributed by atoms with E-state index in [0.717, 1.165) is 0 Å². The Kier molecular flexibility index (Phi) is 6.91. The van der Waals surface area contributed by atoms with Crippen molar-refractivity contribution in [2.75, 3.05) is 18.1 Å². The second kappa shape index (κ2) is 9.60. The molecule has 1 atom stereocenters. The molecule has 8 nitrogen and oxygen atoms in total. The Balaban J connectivity index is 1.47. The molecule has 1 saturated heterocycles. The van der Waals surface area contributed by atoms with E-state index in [9.17, 15) is 19.2 Å². The molecular formula is C20H17Cl2N3O5. The number of amides is 3. The summed E-state index contributed by atoms with van der Waals surface area (Å²) in [6, 6.07) is 13.1. The first-order valence-corrected chi connectivity index (χ1v) is 9.67. The predicted octanol–water partition coefficient (Wildman–Crippen LogP) is 2.35. The number of esters is 1. The largest absolute Gasteiger partial charge is 0.455 e. The highest BCUT2D eigenvalue weighted by atomic mass is 35.5. The fourth-order valence-corrected chi connectivity index (χ4v) is 3.36. The van der Waals surface area contributed by atoms with Gasteiger partial charge in [-0.25, -0.2) is 0 Å². The standard InChI is InChI=1S/C20H17Cl2N3O5/c21-14-6-2-1-5-13(14)19(28)24-23-17(26)11-30-20(29)12-9-18(27)25(10-12)16-8-4-3-7-15(16)22/h1-8,12H,9-11H2,(H,23,26)(H,24,28)/t12-/m0/s1. The van der Waals surface area contributed by atoms with Crippen LogP contribution in [0.15, 0.2) is 48.5 Å². The van der Waals surface area contributed by atoms with E-state index in [0.29, 0.717) is 10.7 Å². The Bertz CT molecular complexity index is 998. The van der Waals surface area contributed by atoms with Crippen LogP contribution in [-0.4, -0.2) is 36.8 Å². The molecule has 1 heterocycles. The number of hydrazine groups is 1. The summed E-state index contributed by atoms with van der Waals surface area (Å²) in [5, 5.41) is 0.623. The molecule has 1 aliphatic heterocycles. The summed E-state index contributed by atoms with van der Waals surface area (Å²) in [7, 11) is 0. The molecule has 2 aromatic carbocycles. The number of carbonyl (C=O) groups is 4. The first kappa shape index (κ1) is 21.6.